The summed E-state index contributed by atoms with van der Waals surface area (Å²) >= 11 is 5.45. The Balaban J connectivity index is 2.45. The third-order valence-electron chi connectivity index (χ3n) is 2.20. The highest BCUT2D eigenvalue weighted by atomic mass is 35.5. The SMILES string of the molecule is COC(=O)Nc1ccc(CNC(=O)CCCl)cc1. The fourth-order valence-corrected chi connectivity index (χ4v) is 1.42. The Morgan fingerprint density at radius 2 is 1.94 bits per heavy atom. The Labute approximate surface area is 110 Å². The normalized spacial score (nSPS) is 9.67. The summed E-state index contributed by atoms with van der Waals surface area (Å²) in [4.78, 5) is 22.1. The first-order valence-corrected chi connectivity index (χ1v) is 5.95. The zero-order valence-corrected chi connectivity index (χ0v) is 10.8. The minimum absolute atomic E-state index is 0.0817. The van der Waals surface area contributed by atoms with Crippen molar-refractivity contribution in [3.8, 4) is 0 Å². The van der Waals surface area contributed by atoms with Crippen molar-refractivity contribution in [1.29, 1.82) is 0 Å². The molecule has 2 N–H and O–H groups in total. The maximum Gasteiger partial charge on any atom is 0.411 e. The number of rotatable bonds is 5. The van der Waals surface area contributed by atoms with E-state index >= 15 is 0 Å². The van der Waals surface area contributed by atoms with E-state index in [1.807, 2.05) is 12.1 Å². The number of nitrogens with one attached hydrogen (secondary N) is 2. The van der Waals surface area contributed by atoms with E-state index in [0.29, 0.717) is 24.5 Å². The van der Waals surface area contributed by atoms with Gasteiger partial charge in [-0.2, -0.15) is 0 Å². The molecule has 0 radical (unpaired) electrons. The summed E-state index contributed by atoms with van der Waals surface area (Å²) in [5.74, 6) is 0.232. The summed E-state index contributed by atoms with van der Waals surface area (Å²) in [6, 6.07) is 7.10. The molecule has 0 saturated carbocycles. The van der Waals surface area contributed by atoms with Crippen molar-refractivity contribution in [2.24, 2.45) is 0 Å². The van der Waals surface area contributed by atoms with Gasteiger partial charge in [-0.15, -0.1) is 11.6 Å². The first kappa shape index (κ1) is 14.3. The molecule has 5 nitrogen and oxygen atoms in total. The smallest absolute Gasteiger partial charge is 0.411 e. The van der Waals surface area contributed by atoms with Gasteiger partial charge >= 0.3 is 6.09 Å². The summed E-state index contributed by atoms with van der Waals surface area (Å²) in [6.45, 7) is 0.439. The van der Waals surface area contributed by atoms with Crippen LogP contribution >= 0.6 is 11.6 Å². The number of ether oxygens (including phenoxy) is 1. The molecule has 1 aromatic carbocycles. The molecule has 0 unspecified atom stereocenters. The Kier molecular flexibility index (Phi) is 6.00. The van der Waals surface area contributed by atoms with Gasteiger partial charge in [-0.3, -0.25) is 10.1 Å². The van der Waals surface area contributed by atoms with Crippen LogP contribution in [0.5, 0.6) is 0 Å². The molecule has 0 bridgehead atoms. The minimum Gasteiger partial charge on any atom is -0.453 e. The maximum atomic E-state index is 11.2. The Morgan fingerprint density at radius 1 is 1.28 bits per heavy atom. The highest BCUT2D eigenvalue weighted by Gasteiger charge is 2.02. The molecular weight excluding hydrogens is 256 g/mol. The molecule has 0 saturated heterocycles. The van der Waals surface area contributed by atoms with Gasteiger partial charge < -0.3 is 10.1 Å². The van der Waals surface area contributed by atoms with E-state index in [2.05, 4.69) is 15.4 Å². The number of hydrogen-bond acceptors (Lipinski definition) is 3. The number of carbonyl (C=O) groups excluding carboxylic acids is 2. The summed E-state index contributed by atoms with van der Waals surface area (Å²) in [5.41, 5.74) is 1.58. The molecule has 18 heavy (non-hydrogen) atoms. The molecule has 2 amide bonds. The van der Waals surface area contributed by atoms with Gasteiger partial charge in [-0.1, -0.05) is 12.1 Å². The van der Waals surface area contributed by atoms with Gasteiger partial charge in [-0.05, 0) is 17.7 Å². The highest BCUT2D eigenvalue weighted by molar-refractivity contribution is 6.18. The standard InChI is InChI=1S/C12H15ClN2O3/c1-18-12(17)15-10-4-2-9(3-5-10)8-14-11(16)6-7-13/h2-5H,6-8H2,1H3,(H,14,16)(H,15,17). The van der Waals surface area contributed by atoms with Crippen LogP contribution in [0.1, 0.15) is 12.0 Å². The van der Waals surface area contributed by atoms with Gasteiger partial charge in [0, 0.05) is 24.5 Å². The highest BCUT2D eigenvalue weighted by Crippen LogP contribution is 2.09. The lowest BCUT2D eigenvalue weighted by Gasteiger charge is -2.06. The molecule has 6 heteroatoms. The fourth-order valence-electron chi connectivity index (χ4n) is 1.25. The number of methoxy groups -OCH3 is 1. The first-order chi connectivity index (χ1) is 8.65. The summed E-state index contributed by atoms with van der Waals surface area (Å²) in [6.07, 6.45) is -0.207. The Hall–Kier alpha value is -1.75. The van der Waals surface area contributed by atoms with E-state index in [-0.39, 0.29) is 5.91 Å². The largest absolute Gasteiger partial charge is 0.453 e. The zero-order valence-electron chi connectivity index (χ0n) is 10.0. The molecule has 0 aliphatic rings. The van der Waals surface area contributed by atoms with Crippen LogP contribution in [-0.2, 0) is 16.1 Å². The molecule has 0 fully saturated rings. The second kappa shape index (κ2) is 7.55. The van der Waals surface area contributed by atoms with E-state index in [9.17, 15) is 9.59 Å². The zero-order chi connectivity index (χ0) is 13.4. The number of hydrogen-bond donors (Lipinski definition) is 2. The van der Waals surface area contributed by atoms with Crippen LogP contribution in [-0.4, -0.2) is 25.0 Å². The van der Waals surface area contributed by atoms with E-state index < -0.39 is 6.09 Å². The summed E-state index contributed by atoms with van der Waals surface area (Å²) in [7, 11) is 1.30. The van der Waals surface area contributed by atoms with Crippen LogP contribution in [0.3, 0.4) is 0 Å². The molecule has 0 aliphatic carbocycles. The Morgan fingerprint density at radius 3 is 2.50 bits per heavy atom. The first-order valence-electron chi connectivity index (χ1n) is 5.42. The molecule has 0 atom stereocenters. The minimum atomic E-state index is -0.516. The predicted octanol–water partition coefficient (Wildman–Crippen LogP) is 2.11. The second-order valence-electron chi connectivity index (χ2n) is 3.53. The van der Waals surface area contributed by atoms with Crippen LogP contribution in [0, 0.1) is 0 Å². The maximum absolute atomic E-state index is 11.2. The number of carbonyl (C=O) groups is 2. The van der Waals surface area contributed by atoms with Crippen molar-refractivity contribution < 1.29 is 14.3 Å². The molecule has 0 aliphatic heterocycles. The van der Waals surface area contributed by atoms with Crippen LogP contribution in [0.15, 0.2) is 24.3 Å². The van der Waals surface area contributed by atoms with Crippen molar-refractivity contribution in [2.75, 3.05) is 18.3 Å². The molecule has 0 aromatic heterocycles. The third-order valence-corrected chi connectivity index (χ3v) is 2.39. The summed E-state index contributed by atoms with van der Waals surface area (Å²) < 4.78 is 4.47. The molecule has 0 spiro atoms. The van der Waals surface area contributed by atoms with Gasteiger partial charge in [0.05, 0.1) is 7.11 Å². The number of halogens is 1. The van der Waals surface area contributed by atoms with Crippen LogP contribution in [0.25, 0.3) is 0 Å². The van der Waals surface area contributed by atoms with Crippen molar-refractivity contribution >= 4 is 29.3 Å². The molecule has 0 heterocycles. The lowest BCUT2D eigenvalue weighted by atomic mass is 10.2. The summed E-state index contributed by atoms with van der Waals surface area (Å²) in [5, 5.41) is 5.27. The van der Waals surface area contributed by atoms with Crippen LogP contribution < -0.4 is 10.6 Å². The van der Waals surface area contributed by atoms with Gasteiger partial charge in [0.1, 0.15) is 0 Å². The predicted molar refractivity (Wildman–Crippen MR) is 69.7 cm³/mol. The van der Waals surface area contributed by atoms with Crippen LogP contribution in [0.2, 0.25) is 0 Å². The lowest BCUT2D eigenvalue weighted by molar-refractivity contribution is -0.120. The van der Waals surface area contributed by atoms with Gasteiger partial charge in [0.25, 0.3) is 0 Å². The van der Waals surface area contributed by atoms with Crippen molar-refractivity contribution in [2.45, 2.75) is 13.0 Å². The van der Waals surface area contributed by atoms with Crippen LogP contribution in [0.4, 0.5) is 10.5 Å². The van der Waals surface area contributed by atoms with E-state index in [0.717, 1.165) is 5.56 Å². The molecule has 98 valence electrons. The second-order valence-corrected chi connectivity index (χ2v) is 3.91. The number of benzene rings is 1. The Bertz CT molecular complexity index is 406. The van der Waals surface area contributed by atoms with E-state index in [4.69, 9.17) is 11.6 Å². The fraction of sp³-hybridized carbons (Fsp3) is 0.333. The topological polar surface area (TPSA) is 67.4 Å². The van der Waals surface area contributed by atoms with E-state index in [1.165, 1.54) is 7.11 Å². The van der Waals surface area contributed by atoms with Crippen molar-refractivity contribution in [3.63, 3.8) is 0 Å². The number of amides is 2. The average Bonchev–Trinajstić information content (AvgIpc) is 2.38. The third kappa shape index (κ3) is 5.05. The monoisotopic (exact) mass is 270 g/mol. The van der Waals surface area contributed by atoms with Crippen molar-refractivity contribution in [3.05, 3.63) is 29.8 Å². The van der Waals surface area contributed by atoms with Gasteiger partial charge in [0.2, 0.25) is 5.91 Å². The molecule has 1 rings (SSSR count). The van der Waals surface area contributed by atoms with Gasteiger partial charge in [-0.25, -0.2) is 4.79 Å². The average molecular weight is 271 g/mol. The molecular formula is C12H15ClN2O3. The van der Waals surface area contributed by atoms with Crippen molar-refractivity contribution in [1.82, 2.24) is 5.32 Å². The number of anilines is 1. The number of alkyl halides is 1. The lowest BCUT2D eigenvalue weighted by Crippen LogP contribution is -2.22. The quantitative estimate of drug-likeness (QED) is 0.805. The van der Waals surface area contributed by atoms with Gasteiger partial charge in [0.15, 0.2) is 0 Å². The molecule has 1 aromatic rings. The van der Waals surface area contributed by atoms with E-state index in [1.54, 1.807) is 12.1 Å².